The summed E-state index contributed by atoms with van der Waals surface area (Å²) in [7, 11) is 5.53. The lowest BCUT2D eigenvalue weighted by atomic mass is 9.97. The number of aliphatic imine (C=N–C) groups is 1. The average Bonchev–Trinajstić information content (AvgIpc) is 2.71. The van der Waals surface area contributed by atoms with Gasteiger partial charge in [0.25, 0.3) is 0 Å². The molecule has 0 amide bonds. The van der Waals surface area contributed by atoms with E-state index in [1.165, 1.54) is 18.7 Å². The molecule has 0 fully saturated rings. The van der Waals surface area contributed by atoms with Gasteiger partial charge in [-0.05, 0) is 48.0 Å². The Bertz CT molecular complexity index is 928. The van der Waals surface area contributed by atoms with Crippen molar-refractivity contribution in [3.8, 4) is 0 Å². The molecule has 0 aliphatic carbocycles. The summed E-state index contributed by atoms with van der Waals surface area (Å²) >= 11 is 3.50. The minimum absolute atomic E-state index is 0.216. The Labute approximate surface area is 188 Å². The first-order valence-corrected chi connectivity index (χ1v) is 10.9. The van der Waals surface area contributed by atoms with E-state index in [0.717, 1.165) is 41.7 Å². The molecule has 1 unspecified atom stereocenters. The molecule has 0 saturated carbocycles. The van der Waals surface area contributed by atoms with Crippen LogP contribution in [0.5, 0.6) is 0 Å². The van der Waals surface area contributed by atoms with Crippen LogP contribution in [0.25, 0.3) is 5.57 Å². The lowest BCUT2D eigenvalue weighted by molar-refractivity contribution is 0.0600. The smallest absolute Gasteiger partial charge is 0.337 e. The number of benzene rings is 1. The van der Waals surface area contributed by atoms with Crippen LogP contribution < -0.4 is 5.30 Å². The van der Waals surface area contributed by atoms with Crippen molar-refractivity contribution in [2.24, 2.45) is 4.99 Å². The summed E-state index contributed by atoms with van der Waals surface area (Å²) in [6.07, 6.45) is 8.42. The molecule has 1 aromatic rings. The lowest BCUT2D eigenvalue weighted by Gasteiger charge is -2.27. The van der Waals surface area contributed by atoms with Crippen LogP contribution in [0, 0.1) is 5.82 Å². The first-order chi connectivity index (χ1) is 14.3. The molecule has 2 rings (SSSR count). The molecule has 1 aliphatic heterocycles. The fraction of sp³-hybridized carbons (Fsp3) is 0.304. The number of hydrogen-bond donors (Lipinski definition) is 0. The molecule has 1 heterocycles. The second-order valence-corrected chi connectivity index (χ2v) is 8.54. The highest BCUT2D eigenvalue weighted by Gasteiger charge is 2.20. The van der Waals surface area contributed by atoms with Crippen LogP contribution in [0.3, 0.4) is 0 Å². The molecule has 1 atom stereocenters. The van der Waals surface area contributed by atoms with Gasteiger partial charge in [0.15, 0.2) is 0 Å². The van der Waals surface area contributed by atoms with E-state index in [9.17, 15) is 9.18 Å². The summed E-state index contributed by atoms with van der Waals surface area (Å²) < 4.78 is 20.3. The van der Waals surface area contributed by atoms with Crippen molar-refractivity contribution in [1.29, 1.82) is 0 Å². The molecule has 1 aromatic carbocycles. The van der Waals surface area contributed by atoms with Gasteiger partial charge in [-0.2, -0.15) is 0 Å². The summed E-state index contributed by atoms with van der Waals surface area (Å²) in [6, 6.07) is 2.89. The molecule has 1 aliphatic rings. The highest BCUT2D eigenvalue weighted by molar-refractivity contribution is 9.12. The molecule has 0 N–H and O–H groups in total. The van der Waals surface area contributed by atoms with E-state index in [2.05, 4.69) is 65.5 Å². The third-order valence-electron chi connectivity index (χ3n) is 4.73. The standard InChI is InChI=1S/C23H27BrFN2O2P/c1-15(11-16(2)19(24)5-8-26-3)14-27-9-6-17(7-10-27)22-20(25)12-18(13-21(22)30)23(28)29-4/h5-6,8,11-13H,2,7,9-10,14,30H2,1,3-4H3/b15-11+,19-5+,26-8?. The first-order valence-electron chi connectivity index (χ1n) is 9.50. The van der Waals surface area contributed by atoms with Crippen LogP contribution >= 0.6 is 25.2 Å². The Morgan fingerprint density at radius 3 is 2.77 bits per heavy atom. The Kier molecular flexibility index (Phi) is 9.35. The molecule has 0 saturated heterocycles. The van der Waals surface area contributed by atoms with Crippen LogP contribution in [0.2, 0.25) is 0 Å². The number of carbonyl (C=O) groups is 1. The van der Waals surface area contributed by atoms with Gasteiger partial charge in [-0.3, -0.25) is 9.89 Å². The lowest BCUT2D eigenvalue weighted by Crippen LogP contribution is -2.30. The van der Waals surface area contributed by atoms with Crippen molar-refractivity contribution in [3.63, 3.8) is 0 Å². The van der Waals surface area contributed by atoms with Crippen molar-refractivity contribution in [1.82, 2.24) is 4.90 Å². The second kappa shape index (κ2) is 11.5. The number of rotatable bonds is 7. The minimum atomic E-state index is -0.541. The van der Waals surface area contributed by atoms with Gasteiger partial charge in [-0.1, -0.05) is 40.2 Å². The molecular formula is C23H27BrFN2O2P. The third-order valence-corrected chi connectivity index (χ3v) is 5.96. The van der Waals surface area contributed by atoms with E-state index < -0.39 is 11.8 Å². The summed E-state index contributed by atoms with van der Waals surface area (Å²) in [5.74, 6) is -0.942. The van der Waals surface area contributed by atoms with Crippen LogP contribution in [0.1, 0.15) is 29.3 Å². The van der Waals surface area contributed by atoms with E-state index in [0.29, 0.717) is 10.9 Å². The Morgan fingerprint density at radius 2 is 2.20 bits per heavy atom. The normalized spacial score (nSPS) is 16.0. The van der Waals surface area contributed by atoms with E-state index in [1.807, 2.05) is 6.08 Å². The molecule has 0 aromatic heterocycles. The van der Waals surface area contributed by atoms with Crippen molar-refractivity contribution in [3.05, 3.63) is 69.5 Å². The van der Waals surface area contributed by atoms with E-state index in [1.54, 1.807) is 19.3 Å². The second-order valence-electron chi connectivity index (χ2n) is 7.07. The Morgan fingerprint density at radius 1 is 1.47 bits per heavy atom. The summed E-state index contributed by atoms with van der Waals surface area (Å²) in [5, 5.41) is 0.662. The van der Waals surface area contributed by atoms with Crippen LogP contribution in [0.4, 0.5) is 4.39 Å². The number of carbonyl (C=O) groups excluding carboxylic acids is 1. The molecule has 7 heteroatoms. The van der Waals surface area contributed by atoms with Crippen molar-refractivity contribution in [2.75, 3.05) is 33.8 Å². The molecule has 4 nitrogen and oxygen atoms in total. The largest absolute Gasteiger partial charge is 0.465 e. The highest BCUT2D eigenvalue weighted by Crippen LogP contribution is 2.26. The molecule has 0 bridgehead atoms. The van der Waals surface area contributed by atoms with E-state index in [-0.39, 0.29) is 5.56 Å². The topological polar surface area (TPSA) is 41.9 Å². The zero-order chi connectivity index (χ0) is 22.3. The first kappa shape index (κ1) is 24.4. The summed E-state index contributed by atoms with van der Waals surface area (Å²) in [4.78, 5) is 17.9. The number of allylic oxidation sites excluding steroid dienone is 4. The third kappa shape index (κ3) is 6.56. The molecule has 30 heavy (non-hydrogen) atoms. The van der Waals surface area contributed by atoms with Gasteiger partial charge >= 0.3 is 5.97 Å². The maximum Gasteiger partial charge on any atom is 0.337 e. The van der Waals surface area contributed by atoms with Gasteiger partial charge in [0.1, 0.15) is 5.82 Å². The fourth-order valence-corrected chi connectivity index (χ4v) is 4.03. The summed E-state index contributed by atoms with van der Waals surface area (Å²) in [6.45, 7) is 8.51. The van der Waals surface area contributed by atoms with E-state index >= 15 is 0 Å². The van der Waals surface area contributed by atoms with Crippen molar-refractivity contribution < 1.29 is 13.9 Å². The number of ether oxygens (including phenoxy) is 1. The van der Waals surface area contributed by atoms with Gasteiger partial charge in [0.2, 0.25) is 0 Å². The SMILES string of the molecule is C=C(/C=C(\C)CN1CC=C(c2c(F)cc(C(=O)OC)cc2P)CC1)/C(Br)=C\C=NC. The van der Waals surface area contributed by atoms with Gasteiger partial charge in [-0.15, -0.1) is 9.24 Å². The highest BCUT2D eigenvalue weighted by atomic mass is 79.9. The monoisotopic (exact) mass is 492 g/mol. The minimum Gasteiger partial charge on any atom is -0.465 e. The fourth-order valence-electron chi connectivity index (χ4n) is 3.30. The van der Waals surface area contributed by atoms with Crippen molar-refractivity contribution >= 4 is 48.2 Å². The predicted molar refractivity (Wildman–Crippen MR) is 130 cm³/mol. The molecule has 0 spiro atoms. The Hall–Kier alpha value is -1.88. The van der Waals surface area contributed by atoms with Gasteiger partial charge in [0.05, 0.1) is 12.7 Å². The zero-order valence-electron chi connectivity index (χ0n) is 17.5. The average molecular weight is 493 g/mol. The number of esters is 1. The predicted octanol–water partition coefficient (Wildman–Crippen LogP) is 4.68. The Balaban J connectivity index is 2.08. The molecule has 0 radical (unpaired) electrons. The molecule has 160 valence electrons. The van der Waals surface area contributed by atoms with Crippen LogP contribution in [-0.2, 0) is 4.74 Å². The maximum absolute atomic E-state index is 14.7. The van der Waals surface area contributed by atoms with Gasteiger partial charge in [0, 0.05) is 42.9 Å². The van der Waals surface area contributed by atoms with E-state index in [4.69, 9.17) is 0 Å². The van der Waals surface area contributed by atoms with Crippen molar-refractivity contribution in [2.45, 2.75) is 13.3 Å². The quantitative estimate of drug-likeness (QED) is 0.240. The summed E-state index contributed by atoms with van der Waals surface area (Å²) in [5.41, 5.74) is 3.81. The van der Waals surface area contributed by atoms with Crippen LogP contribution in [0.15, 0.2) is 57.6 Å². The number of nitrogens with zero attached hydrogens (tertiary/aromatic N) is 2. The number of methoxy groups -OCH3 is 1. The van der Waals surface area contributed by atoms with Gasteiger partial charge < -0.3 is 4.74 Å². The number of halogens is 2. The maximum atomic E-state index is 14.7. The molecular weight excluding hydrogens is 466 g/mol. The van der Waals surface area contributed by atoms with Crippen LogP contribution in [-0.4, -0.2) is 50.9 Å². The zero-order valence-corrected chi connectivity index (χ0v) is 20.3. The number of hydrogen-bond acceptors (Lipinski definition) is 4. The van der Waals surface area contributed by atoms with Gasteiger partial charge in [-0.25, -0.2) is 9.18 Å².